The van der Waals surface area contributed by atoms with Gasteiger partial charge in [0, 0.05) is 17.8 Å². The summed E-state index contributed by atoms with van der Waals surface area (Å²) in [6.45, 7) is 2.87. The molecule has 2 heteroatoms. The molecule has 1 fully saturated rings. The molecule has 1 aliphatic rings. The minimum atomic E-state index is -0.398. The molecule has 1 aromatic carbocycles. The molecule has 1 aliphatic carbocycles. The number of anilines is 1. The first kappa shape index (κ1) is 12.4. The molecule has 17 heavy (non-hydrogen) atoms. The first-order chi connectivity index (χ1) is 8.27. The molecule has 0 amide bonds. The molecule has 0 aromatic heterocycles. The Hall–Kier alpha value is -1.02. The Balaban J connectivity index is 1.93. The topological polar surface area (TPSA) is 32.3 Å². The van der Waals surface area contributed by atoms with Crippen molar-refractivity contribution in [3.8, 4) is 0 Å². The molecule has 0 heterocycles. The number of nitrogens with one attached hydrogen (secondary N) is 1. The molecular weight excluding hydrogens is 210 g/mol. The van der Waals surface area contributed by atoms with Gasteiger partial charge in [-0.15, -0.1) is 0 Å². The van der Waals surface area contributed by atoms with Crippen LogP contribution in [0.5, 0.6) is 0 Å². The fourth-order valence-electron chi connectivity index (χ4n) is 2.67. The van der Waals surface area contributed by atoms with Gasteiger partial charge in [-0.3, -0.25) is 0 Å². The number of hydrogen-bond donors (Lipinski definition) is 2. The van der Waals surface area contributed by atoms with Crippen LogP contribution in [0.4, 0.5) is 5.69 Å². The lowest BCUT2D eigenvalue weighted by Crippen LogP contribution is -2.18. The molecule has 2 nitrogen and oxygen atoms in total. The number of hydrogen-bond acceptors (Lipinski definition) is 2. The highest BCUT2D eigenvalue weighted by Crippen LogP contribution is 2.26. The molecule has 94 valence electrons. The molecule has 1 aromatic rings. The van der Waals surface area contributed by atoms with E-state index in [1.54, 1.807) is 0 Å². The third-order valence-corrected chi connectivity index (χ3v) is 3.72. The van der Waals surface area contributed by atoms with E-state index in [0.717, 1.165) is 23.7 Å². The summed E-state index contributed by atoms with van der Waals surface area (Å²) in [7, 11) is 0. The maximum Gasteiger partial charge on any atom is 0.0781 e. The van der Waals surface area contributed by atoms with Crippen LogP contribution in [0.2, 0.25) is 0 Å². The minimum absolute atomic E-state index is 0.398. The van der Waals surface area contributed by atoms with Crippen molar-refractivity contribution in [1.82, 2.24) is 0 Å². The largest absolute Gasteiger partial charge is 0.389 e. The molecule has 1 saturated carbocycles. The molecule has 0 bridgehead atoms. The molecule has 2 rings (SSSR count). The highest BCUT2D eigenvalue weighted by atomic mass is 16.3. The van der Waals surface area contributed by atoms with Crippen LogP contribution in [-0.4, -0.2) is 11.7 Å². The van der Waals surface area contributed by atoms with Gasteiger partial charge < -0.3 is 10.4 Å². The lowest BCUT2D eigenvalue weighted by molar-refractivity contribution is 0.200. The van der Waals surface area contributed by atoms with E-state index in [1.165, 1.54) is 32.1 Å². The van der Waals surface area contributed by atoms with Crippen molar-refractivity contribution in [2.45, 2.75) is 45.1 Å². The van der Waals surface area contributed by atoms with Crippen molar-refractivity contribution in [2.75, 3.05) is 11.9 Å². The van der Waals surface area contributed by atoms with E-state index in [4.69, 9.17) is 0 Å². The molecule has 0 aliphatic heterocycles. The average Bonchev–Trinajstić information content (AvgIpc) is 2.38. The third kappa shape index (κ3) is 3.47. The number of rotatable bonds is 4. The normalized spacial score (nSPS) is 18.9. The fraction of sp³-hybridized carbons (Fsp3) is 0.600. The summed E-state index contributed by atoms with van der Waals surface area (Å²) in [6, 6.07) is 8.06. The van der Waals surface area contributed by atoms with Gasteiger partial charge in [-0.2, -0.15) is 0 Å². The zero-order valence-electron chi connectivity index (χ0n) is 10.7. The summed E-state index contributed by atoms with van der Waals surface area (Å²) in [5.41, 5.74) is 2.09. The van der Waals surface area contributed by atoms with Gasteiger partial charge in [0.15, 0.2) is 0 Å². The van der Waals surface area contributed by atoms with Crippen LogP contribution in [0.25, 0.3) is 0 Å². The van der Waals surface area contributed by atoms with Crippen LogP contribution >= 0.6 is 0 Å². The van der Waals surface area contributed by atoms with Gasteiger partial charge in [0.25, 0.3) is 0 Å². The molecule has 1 atom stereocenters. The second-order valence-electron chi connectivity index (χ2n) is 5.15. The molecular formula is C15H23NO. The fourth-order valence-corrected chi connectivity index (χ4v) is 2.67. The summed E-state index contributed by atoms with van der Waals surface area (Å²) in [4.78, 5) is 0. The maximum atomic E-state index is 9.70. The standard InChI is InChI=1S/C15H23NO/c1-12(17)14-9-5-6-10-15(14)16-11-13-7-3-2-4-8-13/h5-6,9-10,12-13,16-17H,2-4,7-8,11H2,1H3. The summed E-state index contributed by atoms with van der Waals surface area (Å²) in [5, 5.41) is 13.2. The van der Waals surface area contributed by atoms with Crippen LogP contribution in [0.1, 0.15) is 50.7 Å². The van der Waals surface area contributed by atoms with Crippen molar-refractivity contribution in [3.05, 3.63) is 29.8 Å². The second-order valence-corrected chi connectivity index (χ2v) is 5.15. The van der Waals surface area contributed by atoms with Crippen molar-refractivity contribution in [1.29, 1.82) is 0 Å². The Labute approximate surface area is 104 Å². The van der Waals surface area contributed by atoms with Gasteiger partial charge in [0.2, 0.25) is 0 Å². The summed E-state index contributed by atoms with van der Waals surface area (Å²) in [5.74, 6) is 0.811. The van der Waals surface area contributed by atoms with Gasteiger partial charge in [-0.05, 0) is 31.7 Å². The van der Waals surface area contributed by atoms with Crippen LogP contribution in [0, 0.1) is 5.92 Å². The van der Waals surface area contributed by atoms with Crippen molar-refractivity contribution in [3.63, 3.8) is 0 Å². The Morgan fingerprint density at radius 2 is 1.94 bits per heavy atom. The van der Waals surface area contributed by atoms with Gasteiger partial charge in [-0.25, -0.2) is 0 Å². The number of aliphatic hydroxyl groups is 1. The van der Waals surface area contributed by atoms with Gasteiger partial charge in [0.05, 0.1) is 6.10 Å². The Morgan fingerprint density at radius 3 is 2.65 bits per heavy atom. The zero-order chi connectivity index (χ0) is 12.1. The van der Waals surface area contributed by atoms with E-state index in [-0.39, 0.29) is 0 Å². The Morgan fingerprint density at radius 1 is 1.24 bits per heavy atom. The predicted molar refractivity (Wildman–Crippen MR) is 72.1 cm³/mol. The minimum Gasteiger partial charge on any atom is -0.389 e. The van der Waals surface area contributed by atoms with Crippen molar-refractivity contribution in [2.24, 2.45) is 5.92 Å². The lowest BCUT2D eigenvalue weighted by Gasteiger charge is -2.23. The molecule has 0 spiro atoms. The van der Waals surface area contributed by atoms with E-state index in [1.807, 2.05) is 25.1 Å². The monoisotopic (exact) mass is 233 g/mol. The number of aliphatic hydroxyl groups excluding tert-OH is 1. The quantitative estimate of drug-likeness (QED) is 0.830. The third-order valence-electron chi connectivity index (χ3n) is 3.72. The van der Waals surface area contributed by atoms with Gasteiger partial charge in [-0.1, -0.05) is 37.5 Å². The summed E-state index contributed by atoms with van der Waals surface area (Å²) >= 11 is 0. The first-order valence-electron chi connectivity index (χ1n) is 6.78. The maximum absolute atomic E-state index is 9.70. The molecule has 1 unspecified atom stereocenters. The second kappa shape index (κ2) is 6.06. The van der Waals surface area contributed by atoms with Crippen LogP contribution in [0.3, 0.4) is 0 Å². The average molecular weight is 233 g/mol. The van der Waals surface area contributed by atoms with Crippen LogP contribution < -0.4 is 5.32 Å². The Kier molecular flexibility index (Phi) is 4.43. The highest BCUT2D eigenvalue weighted by Gasteiger charge is 2.14. The molecule has 2 N–H and O–H groups in total. The van der Waals surface area contributed by atoms with E-state index in [9.17, 15) is 5.11 Å². The van der Waals surface area contributed by atoms with Crippen molar-refractivity contribution >= 4 is 5.69 Å². The van der Waals surface area contributed by atoms with Crippen LogP contribution in [0.15, 0.2) is 24.3 Å². The van der Waals surface area contributed by atoms with Crippen LogP contribution in [-0.2, 0) is 0 Å². The number of benzene rings is 1. The van der Waals surface area contributed by atoms with Gasteiger partial charge in [0.1, 0.15) is 0 Å². The highest BCUT2D eigenvalue weighted by molar-refractivity contribution is 5.52. The van der Waals surface area contributed by atoms with Crippen molar-refractivity contribution < 1.29 is 5.11 Å². The smallest absolute Gasteiger partial charge is 0.0781 e. The van der Waals surface area contributed by atoms with E-state index >= 15 is 0 Å². The van der Waals surface area contributed by atoms with E-state index in [2.05, 4.69) is 11.4 Å². The predicted octanol–water partition coefficient (Wildman–Crippen LogP) is 3.73. The lowest BCUT2D eigenvalue weighted by atomic mass is 9.89. The number of para-hydroxylation sites is 1. The van der Waals surface area contributed by atoms with E-state index < -0.39 is 6.10 Å². The zero-order valence-corrected chi connectivity index (χ0v) is 10.7. The van der Waals surface area contributed by atoms with E-state index in [0.29, 0.717) is 0 Å². The SMILES string of the molecule is CC(O)c1ccccc1NCC1CCCCC1. The van der Waals surface area contributed by atoms with Gasteiger partial charge >= 0.3 is 0 Å². The molecule has 0 saturated heterocycles. The Bertz CT molecular complexity index is 343. The summed E-state index contributed by atoms with van der Waals surface area (Å²) < 4.78 is 0. The molecule has 0 radical (unpaired) electrons. The summed E-state index contributed by atoms with van der Waals surface area (Å²) in [6.07, 6.45) is 6.47. The first-order valence-corrected chi connectivity index (χ1v) is 6.78.